The van der Waals surface area contributed by atoms with Gasteiger partial charge in [0.1, 0.15) is 17.1 Å². The van der Waals surface area contributed by atoms with Crippen molar-refractivity contribution in [3.05, 3.63) is 98.6 Å². The van der Waals surface area contributed by atoms with Crippen molar-refractivity contribution >= 4 is 32.9 Å². The zero-order valence-corrected chi connectivity index (χ0v) is 17.5. The summed E-state index contributed by atoms with van der Waals surface area (Å²) in [5, 5.41) is -0.113. The van der Waals surface area contributed by atoms with Gasteiger partial charge in [-0.1, -0.05) is 28.1 Å². The van der Waals surface area contributed by atoms with Crippen molar-refractivity contribution in [1.29, 1.82) is 0 Å². The largest absolute Gasteiger partial charge is 0.450 e. The Morgan fingerprint density at radius 2 is 1.59 bits per heavy atom. The topological polar surface area (TPSA) is 56.5 Å². The molecule has 9 heteroatoms. The number of esters is 1. The average molecular weight is 507 g/mol. The fourth-order valence-corrected chi connectivity index (χ4v) is 3.33. The van der Waals surface area contributed by atoms with Gasteiger partial charge in [0.05, 0.1) is 16.5 Å². The molecular formula is C23H11BrF4O4. The van der Waals surface area contributed by atoms with Crippen molar-refractivity contribution < 1.29 is 31.5 Å². The number of rotatable bonds is 3. The van der Waals surface area contributed by atoms with E-state index in [1.807, 2.05) is 0 Å². The minimum Gasteiger partial charge on any atom is -0.450 e. The SMILES string of the molecule is O=C(Oc1ccc2c(=O)c(-c3ccc(Br)cc3)c(C(F)(F)F)oc2c1)c1ccc(F)cc1. The maximum absolute atomic E-state index is 13.7. The summed E-state index contributed by atoms with van der Waals surface area (Å²) in [5.41, 5.74) is -1.81. The normalized spacial score (nSPS) is 11.5. The van der Waals surface area contributed by atoms with E-state index < -0.39 is 40.3 Å². The predicted molar refractivity (Wildman–Crippen MR) is 112 cm³/mol. The number of hydrogen-bond acceptors (Lipinski definition) is 4. The molecule has 0 radical (unpaired) electrons. The Bertz CT molecular complexity index is 1380. The molecular weight excluding hydrogens is 496 g/mol. The number of benzene rings is 3. The number of ether oxygens (including phenoxy) is 1. The molecule has 1 heterocycles. The van der Waals surface area contributed by atoms with Crippen LogP contribution in [0.15, 0.2) is 80.4 Å². The second-order valence-electron chi connectivity index (χ2n) is 6.69. The van der Waals surface area contributed by atoms with Gasteiger partial charge in [0.25, 0.3) is 0 Å². The smallest absolute Gasteiger partial charge is 0.450 e. The number of alkyl halides is 3. The summed E-state index contributed by atoms with van der Waals surface area (Å²) in [6.45, 7) is 0. The number of halogens is 5. The third-order valence-corrected chi connectivity index (χ3v) is 5.07. The highest BCUT2D eigenvalue weighted by atomic mass is 79.9. The second-order valence-corrected chi connectivity index (χ2v) is 7.61. The highest BCUT2D eigenvalue weighted by Gasteiger charge is 2.39. The van der Waals surface area contributed by atoms with E-state index in [1.165, 1.54) is 48.5 Å². The third-order valence-electron chi connectivity index (χ3n) is 4.54. The van der Waals surface area contributed by atoms with Crippen LogP contribution >= 0.6 is 15.9 Å². The summed E-state index contributed by atoms with van der Waals surface area (Å²) in [4.78, 5) is 25.2. The van der Waals surface area contributed by atoms with Crippen molar-refractivity contribution in [1.82, 2.24) is 0 Å². The molecule has 32 heavy (non-hydrogen) atoms. The van der Waals surface area contributed by atoms with E-state index in [0.29, 0.717) is 4.47 Å². The first-order chi connectivity index (χ1) is 15.1. The zero-order chi connectivity index (χ0) is 23.0. The minimum atomic E-state index is -4.95. The van der Waals surface area contributed by atoms with E-state index in [2.05, 4.69) is 15.9 Å². The lowest BCUT2D eigenvalue weighted by Crippen LogP contribution is -2.16. The van der Waals surface area contributed by atoms with Crippen molar-refractivity contribution in [2.45, 2.75) is 6.18 Å². The van der Waals surface area contributed by atoms with Crippen LogP contribution in [0.4, 0.5) is 17.6 Å². The maximum atomic E-state index is 13.7. The van der Waals surface area contributed by atoms with Gasteiger partial charge in [-0.05, 0) is 54.1 Å². The molecule has 0 fully saturated rings. The monoisotopic (exact) mass is 506 g/mol. The van der Waals surface area contributed by atoms with E-state index >= 15 is 0 Å². The van der Waals surface area contributed by atoms with E-state index in [9.17, 15) is 27.2 Å². The number of carbonyl (C=O) groups is 1. The summed E-state index contributed by atoms with van der Waals surface area (Å²) in [6, 6.07) is 13.8. The minimum absolute atomic E-state index is 0.0366. The van der Waals surface area contributed by atoms with Gasteiger partial charge < -0.3 is 9.15 Å². The van der Waals surface area contributed by atoms with Gasteiger partial charge in [-0.15, -0.1) is 0 Å². The predicted octanol–water partition coefficient (Wildman–Crippen LogP) is 6.60. The van der Waals surface area contributed by atoms with E-state index in [1.54, 1.807) is 0 Å². The fraction of sp³-hybridized carbons (Fsp3) is 0.0435. The summed E-state index contributed by atoms with van der Waals surface area (Å²) >= 11 is 3.20. The van der Waals surface area contributed by atoms with Crippen molar-refractivity contribution in [3.8, 4) is 16.9 Å². The summed E-state index contributed by atoms with van der Waals surface area (Å²) in [6.07, 6.45) is -4.95. The molecule has 162 valence electrons. The molecule has 0 aliphatic carbocycles. The molecule has 0 bridgehead atoms. The summed E-state index contributed by atoms with van der Waals surface area (Å²) < 4.78 is 65.0. The van der Waals surface area contributed by atoms with Crippen LogP contribution in [-0.2, 0) is 6.18 Å². The van der Waals surface area contributed by atoms with E-state index in [-0.39, 0.29) is 22.3 Å². The van der Waals surface area contributed by atoms with Crippen LogP contribution < -0.4 is 10.2 Å². The molecule has 0 aliphatic rings. The van der Waals surface area contributed by atoms with Crippen LogP contribution in [0.3, 0.4) is 0 Å². The molecule has 0 unspecified atom stereocenters. The van der Waals surface area contributed by atoms with E-state index in [4.69, 9.17) is 9.15 Å². The number of carbonyl (C=O) groups excluding carboxylic acids is 1. The number of hydrogen-bond donors (Lipinski definition) is 0. The van der Waals surface area contributed by atoms with E-state index in [0.717, 1.165) is 18.2 Å². The Labute approximate surface area is 186 Å². The Kier molecular flexibility index (Phi) is 5.60. The molecule has 0 saturated carbocycles. The molecule has 0 aliphatic heterocycles. The molecule has 0 spiro atoms. The lowest BCUT2D eigenvalue weighted by atomic mass is 10.0. The first-order valence-corrected chi connectivity index (χ1v) is 9.84. The van der Waals surface area contributed by atoms with Gasteiger partial charge in [0.2, 0.25) is 11.2 Å². The number of fused-ring (bicyclic) bond motifs is 1. The molecule has 4 rings (SSSR count). The lowest BCUT2D eigenvalue weighted by Gasteiger charge is -2.13. The Balaban J connectivity index is 1.81. The molecule has 3 aromatic carbocycles. The zero-order valence-electron chi connectivity index (χ0n) is 15.9. The quantitative estimate of drug-likeness (QED) is 0.178. The van der Waals surface area contributed by atoms with Crippen molar-refractivity contribution in [2.75, 3.05) is 0 Å². The Morgan fingerprint density at radius 3 is 2.22 bits per heavy atom. The van der Waals surface area contributed by atoms with Crippen LogP contribution in [0.1, 0.15) is 16.1 Å². The standard InChI is InChI=1S/C23H11BrF4O4/c24-14-5-1-12(2-6-14)19-20(29)17-10-9-16(11-18(17)32-21(19)23(26,27)28)31-22(30)13-3-7-15(25)8-4-13/h1-11H. The van der Waals surface area contributed by atoms with Crippen molar-refractivity contribution in [3.63, 3.8) is 0 Å². The van der Waals surface area contributed by atoms with Crippen molar-refractivity contribution in [2.24, 2.45) is 0 Å². The summed E-state index contributed by atoms with van der Waals surface area (Å²) in [5.74, 6) is -3.00. The van der Waals surface area contributed by atoms with Gasteiger partial charge in [0.15, 0.2) is 0 Å². The maximum Gasteiger partial charge on any atom is 0.450 e. The van der Waals surface area contributed by atoms with Crippen LogP contribution in [-0.4, -0.2) is 5.97 Å². The Morgan fingerprint density at radius 1 is 0.938 bits per heavy atom. The molecule has 0 saturated heterocycles. The molecule has 0 N–H and O–H groups in total. The van der Waals surface area contributed by atoms with Gasteiger partial charge in [-0.3, -0.25) is 4.79 Å². The van der Waals surface area contributed by atoms with Gasteiger partial charge in [-0.2, -0.15) is 13.2 Å². The highest BCUT2D eigenvalue weighted by Crippen LogP contribution is 2.38. The van der Waals surface area contributed by atoms with Crippen LogP contribution in [0.25, 0.3) is 22.1 Å². The van der Waals surface area contributed by atoms with Gasteiger partial charge >= 0.3 is 12.1 Å². The Hall–Kier alpha value is -3.46. The second kappa shape index (κ2) is 8.23. The summed E-state index contributed by atoms with van der Waals surface area (Å²) in [7, 11) is 0. The third kappa shape index (κ3) is 4.29. The van der Waals surface area contributed by atoms with Gasteiger partial charge in [-0.25, -0.2) is 9.18 Å². The van der Waals surface area contributed by atoms with Crippen LogP contribution in [0.5, 0.6) is 5.75 Å². The first-order valence-electron chi connectivity index (χ1n) is 9.05. The molecule has 1 aromatic heterocycles. The highest BCUT2D eigenvalue weighted by molar-refractivity contribution is 9.10. The average Bonchev–Trinajstić information content (AvgIpc) is 2.74. The lowest BCUT2D eigenvalue weighted by molar-refractivity contribution is -0.152. The molecule has 0 atom stereocenters. The first kappa shape index (κ1) is 21.8. The molecule has 4 aromatic rings. The van der Waals surface area contributed by atoms with Gasteiger partial charge in [0, 0.05) is 10.5 Å². The van der Waals surface area contributed by atoms with Crippen LogP contribution in [0.2, 0.25) is 0 Å². The molecule has 0 amide bonds. The van der Waals surface area contributed by atoms with Crippen LogP contribution in [0, 0.1) is 5.82 Å². The molecule has 4 nitrogen and oxygen atoms in total. The fourth-order valence-electron chi connectivity index (χ4n) is 3.07.